The number of ether oxygens (including phenoxy) is 1. The quantitative estimate of drug-likeness (QED) is 0.554. The van der Waals surface area contributed by atoms with Crippen LogP contribution in [0.4, 0.5) is 0 Å². The molecule has 0 amide bonds. The fourth-order valence-corrected chi connectivity index (χ4v) is 3.31. The third kappa shape index (κ3) is 1.97. The number of fused-ring (bicyclic) bond motifs is 3. The molecule has 1 unspecified atom stereocenters. The van der Waals surface area contributed by atoms with Crippen LogP contribution in [0.25, 0.3) is 11.3 Å². The first-order valence-electron chi connectivity index (χ1n) is 7.01. The summed E-state index contributed by atoms with van der Waals surface area (Å²) >= 11 is 6.17. The Labute approximate surface area is 133 Å². The average Bonchev–Trinajstić information content (AvgIpc) is 2.88. The molecular formula is C18H13ClN2O. The van der Waals surface area contributed by atoms with Crippen molar-refractivity contribution in [1.29, 1.82) is 0 Å². The molecule has 0 saturated heterocycles. The minimum Gasteiger partial charge on any atom is -0.497 e. The van der Waals surface area contributed by atoms with E-state index < -0.39 is 0 Å². The Kier molecular flexibility index (Phi) is 3.09. The monoisotopic (exact) mass is 308 g/mol. The number of halogens is 1. The first-order chi connectivity index (χ1) is 10.8. The maximum Gasteiger partial charge on any atom is 0.119 e. The lowest BCUT2D eigenvalue weighted by atomic mass is 9.90. The number of hydrogen-bond acceptors (Lipinski definition) is 3. The molecule has 1 heterocycles. The van der Waals surface area contributed by atoms with Gasteiger partial charge in [0.2, 0.25) is 0 Å². The van der Waals surface area contributed by atoms with Crippen molar-refractivity contribution in [2.24, 2.45) is 0 Å². The Morgan fingerprint density at radius 3 is 2.82 bits per heavy atom. The summed E-state index contributed by atoms with van der Waals surface area (Å²) in [6.07, 6.45) is 3.48. The highest BCUT2D eigenvalue weighted by atomic mass is 35.5. The van der Waals surface area contributed by atoms with Crippen LogP contribution < -0.4 is 4.74 Å². The smallest absolute Gasteiger partial charge is 0.119 e. The topological polar surface area (TPSA) is 35.0 Å². The highest BCUT2D eigenvalue weighted by Gasteiger charge is 2.31. The molecule has 4 rings (SSSR count). The van der Waals surface area contributed by atoms with Crippen molar-refractivity contribution in [1.82, 2.24) is 9.97 Å². The Morgan fingerprint density at radius 2 is 2.00 bits per heavy atom. The van der Waals surface area contributed by atoms with Crippen LogP contribution in [0.2, 0.25) is 5.02 Å². The standard InChI is InChI=1S/C18H13ClN2O/c1-22-13-5-6-14-15(8-13)18-16(9-20-10-21-18)17(14)11-3-2-4-12(19)7-11/h2-10,17H,1H3. The van der Waals surface area contributed by atoms with Gasteiger partial charge in [0, 0.05) is 28.3 Å². The SMILES string of the molecule is COc1ccc2c(c1)-c1ncncc1C2c1cccc(Cl)c1. The maximum absolute atomic E-state index is 6.17. The van der Waals surface area contributed by atoms with Gasteiger partial charge in [-0.25, -0.2) is 9.97 Å². The molecule has 1 atom stereocenters. The molecule has 3 nitrogen and oxygen atoms in total. The highest BCUT2D eigenvalue weighted by molar-refractivity contribution is 6.30. The van der Waals surface area contributed by atoms with Gasteiger partial charge in [0.05, 0.1) is 12.8 Å². The molecule has 1 aliphatic rings. The van der Waals surface area contributed by atoms with E-state index in [1.807, 2.05) is 36.5 Å². The van der Waals surface area contributed by atoms with E-state index in [1.165, 1.54) is 5.56 Å². The van der Waals surface area contributed by atoms with Gasteiger partial charge in [0.25, 0.3) is 0 Å². The molecule has 0 radical (unpaired) electrons. The molecular weight excluding hydrogens is 296 g/mol. The summed E-state index contributed by atoms with van der Waals surface area (Å²) in [5.41, 5.74) is 5.52. The van der Waals surface area contributed by atoms with E-state index in [-0.39, 0.29) is 5.92 Å². The molecule has 2 aromatic carbocycles. The maximum atomic E-state index is 6.17. The van der Waals surface area contributed by atoms with E-state index in [4.69, 9.17) is 16.3 Å². The van der Waals surface area contributed by atoms with Crippen LogP contribution in [-0.4, -0.2) is 17.1 Å². The second-order valence-corrected chi connectivity index (χ2v) is 5.70. The van der Waals surface area contributed by atoms with Gasteiger partial charge in [0.1, 0.15) is 12.1 Å². The molecule has 1 aliphatic carbocycles. The fraction of sp³-hybridized carbons (Fsp3) is 0.111. The third-order valence-electron chi connectivity index (χ3n) is 4.06. The van der Waals surface area contributed by atoms with Crippen LogP contribution in [0, 0.1) is 0 Å². The summed E-state index contributed by atoms with van der Waals surface area (Å²) in [6, 6.07) is 14.1. The Morgan fingerprint density at radius 1 is 1.09 bits per heavy atom. The van der Waals surface area contributed by atoms with Gasteiger partial charge in [-0.3, -0.25) is 0 Å². The number of aromatic nitrogens is 2. The zero-order valence-electron chi connectivity index (χ0n) is 12.0. The second-order valence-electron chi connectivity index (χ2n) is 5.27. The minimum absolute atomic E-state index is 0.107. The van der Waals surface area contributed by atoms with E-state index in [0.29, 0.717) is 0 Å². The van der Waals surface area contributed by atoms with Crippen LogP contribution in [0.3, 0.4) is 0 Å². The van der Waals surface area contributed by atoms with Crippen LogP contribution in [-0.2, 0) is 0 Å². The van der Waals surface area contributed by atoms with Gasteiger partial charge in [-0.15, -0.1) is 0 Å². The molecule has 4 heteroatoms. The Balaban J connectivity index is 1.97. The van der Waals surface area contributed by atoms with Gasteiger partial charge in [-0.1, -0.05) is 29.8 Å². The summed E-state index contributed by atoms with van der Waals surface area (Å²) in [7, 11) is 1.67. The normalized spacial score (nSPS) is 15.3. The lowest BCUT2D eigenvalue weighted by Gasteiger charge is -2.14. The van der Waals surface area contributed by atoms with Crippen molar-refractivity contribution in [3.8, 4) is 17.0 Å². The van der Waals surface area contributed by atoms with Gasteiger partial charge in [-0.05, 0) is 35.4 Å². The van der Waals surface area contributed by atoms with Crippen LogP contribution >= 0.6 is 11.6 Å². The number of methoxy groups -OCH3 is 1. The van der Waals surface area contributed by atoms with Crippen molar-refractivity contribution in [2.45, 2.75) is 5.92 Å². The van der Waals surface area contributed by atoms with Crippen molar-refractivity contribution in [3.05, 3.63) is 76.7 Å². The largest absolute Gasteiger partial charge is 0.497 e. The molecule has 1 aromatic heterocycles. The Hall–Kier alpha value is -2.39. The summed E-state index contributed by atoms with van der Waals surface area (Å²) in [5, 5.41) is 0.734. The second kappa shape index (κ2) is 5.11. The van der Waals surface area contributed by atoms with E-state index in [9.17, 15) is 0 Å². The molecule has 108 valence electrons. The van der Waals surface area contributed by atoms with Gasteiger partial charge in [0.15, 0.2) is 0 Å². The van der Waals surface area contributed by atoms with E-state index in [1.54, 1.807) is 13.4 Å². The molecule has 0 bridgehead atoms. The molecule has 22 heavy (non-hydrogen) atoms. The fourth-order valence-electron chi connectivity index (χ4n) is 3.11. The van der Waals surface area contributed by atoms with Gasteiger partial charge in [-0.2, -0.15) is 0 Å². The summed E-state index contributed by atoms with van der Waals surface area (Å²) < 4.78 is 5.35. The molecule has 0 saturated carbocycles. The number of benzene rings is 2. The summed E-state index contributed by atoms with van der Waals surface area (Å²) in [5.74, 6) is 0.936. The minimum atomic E-state index is 0.107. The predicted molar refractivity (Wildman–Crippen MR) is 86.4 cm³/mol. The average molecular weight is 309 g/mol. The third-order valence-corrected chi connectivity index (χ3v) is 4.30. The van der Waals surface area contributed by atoms with E-state index in [0.717, 1.165) is 33.2 Å². The number of rotatable bonds is 2. The van der Waals surface area contributed by atoms with Crippen molar-refractivity contribution in [3.63, 3.8) is 0 Å². The zero-order valence-corrected chi connectivity index (χ0v) is 12.7. The van der Waals surface area contributed by atoms with Crippen LogP contribution in [0.1, 0.15) is 22.6 Å². The van der Waals surface area contributed by atoms with Crippen LogP contribution in [0.15, 0.2) is 55.0 Å². The summed E-state index contributed by atoms with van der Waals surface area (Å²) in [6.45, 7) is 0. The molecule has 0 spiro atoms. The Bertz CT molecular complexity index is 863. The van der Waals surface area contributed by atoms with Gasteiger partial charge < -0.3 is 4.74 Å². The lowest BCUT2D eigenvalue weighted by Crippen LogP contribution is -1.99. The van der Waals surface area contributed by atoms with Crippen molar-refractivity contribution < 1.29 is 4.74 Å². The number of hydrogen-bond donors (Lipinski definition) is 0. The lowest BCUT2D eigenvalue weighted by molar-refractivity contribution is 0.415. The van der Waals surface area contributed by atoms with Crippen molar-refractivity contribution in [2.75, 3.05) is 7.11 Å². The molecule has 3 aromatic rings. The zero-order chi connectivity index (χ0) is 15.1. The molecule has 0 N–H and O–H groups in total. The van der Waals surface area contributed by atoms with Gasteiger partial charge >= 0.3 is 0 Å². The predicted octanol–water partition coefficient (Wildman–Crippen LogP) is 4.30. The van der Waals surface area contributed by atoms with Crippen LogP contribution in [0.5, 0.6) is 5.75 Å². The molecule has 0 fully saturated rings. The van der Waals surface area contributed by atoms with Crippen molar-refractivity contribution >= 4 is 11.6 Å². The summed E-state index contributed by atoms with van der Waals surface area (Å²) in [4.78, 5) is 8.68. The molecule has 0 aliphatic heterocycles. The number of nitrogens with zero attached hydrogens (tertiary/aromatic N) is 2. The van der Waals surface area contributed by atoms with E-state index in [2.05, 4.69) is 22.1 Å². The first kappa shape index (κ1) is 13.3. The van der Waals surface area contributed by atoms with E-state index >= 15 is 0 Å². The first-order valence-corrected chi connectivity index (χ1v) is 7.39. The highest BCUT2D eigenvalue weighted by Crippen LogP contribution is 2.47.